The lowest BCUT2D eigenvalue weighted by Crippen LogP contribution is -2.16. The number of carbonyl (C=O) groups is 1. The number of hydrogen-bond donors (Lipinski definition) is 0. The van der Waals surface area contributed by atoms with Gasteiger partial charge in [0.1, 0.15) is 5.78 Å². The first-order valence-electron chi connectivity index (χ1n) is 6.80. The highest BCUT2D eigenvalue weighted by atomic mass is 79.9. The molecule has 2 rings (SSSR count). The molecule has 1 aromatic carbocycles. The molecule has 1 unspecified atom stereocenters. The van der Waals surface area contributed by atoms with E-state index in [-0.39, 0.29) is 11.7 Å². The van der Waals surface area contributed by atoms with Crippen LogP contribution in [-0.4, -0.2) is 15.6 Å². The largest absolute Gasteiger partial charge is 0.299 e. The van der Waals surface area contributed by atoms with Crippen molar-refractivity contribution in [3.8, 4) is 0 Å². The molecule has 0 saturated carbocycles. The van der Waals surface area contributed by atoms with Crippen molar-refractivity contribution >= 4 is 21.7 Å². The maximum atomic E-state index is 12.6. The lowest BCUT2D eigenvalue weighted by atomic mass is 9.90. The summed E-state index contributed by atoms with van der Waals surface area (Å²) < 4.78 is 2.73. The van der Waals surface area contributed by atoms with Crippen LogP contribution in [0.15, 0.2) is 34.8 Å². The monoisotopic (exact) mass is 334 g/mol. The van der Waals surface area contributed by atoms with Crippen LogP contribution in [0.25, 0.3) is 0 Å². The van der Waals surface area contributed by atoms with Crippen molar-refractivity contribution in [2.75, 3.05) is 0 Å². The summed E-state index contributed by atoms with van der Waals surface area (Å²) in [5.41, 5.74) is 2.96. The number of aryl methyl sites for hydroxylation is 2. The standard InChI is InChI=1S/C16H19BrN2O/c1-4-13(12-8-6-5-7-9-12)15(20)10-14-16(17)11(2)18-19(14)3/h5-9,13H,4,10H2,1-3H3. The predicted molar refractivity (Wildman–Crippen MR) is 83.8 cm³/mol. The van der Waals surface area contributed by atoms with E-state index in [4.69, 9.17) is 0 Å². The number of aromatic nitrogens is 2. The molecule has 0 spiro atoms. The van der Waals surface area contributed by atoms with E-state index in [9.17, 15) is 4.79 Å². The van der Waals surface area contributed by atoms with E-state index in [0.717, 1.165) is 27.8 Å². The van der Waals surface area contributed by atoms with Gasteiger partial charge in [-0.25, -0.2) is 0 Å². The van der Waals surface area contributed by atoms with E-state index in [2.05, 4.69) is 28.0 Å². The molecule has 3 nitrogen and oxygen atoms in total. The number of benzene rings is 1. The molecule has 1 aromatic heterocycles. The second kappa shape index (κ2) is 6.35. The molecule has 0 amide bonds. The second-order valence-electron chi connectivity index (χ2n) is 4.98. The molecular weight excluding hydrogens is 316 g/mol. The van der Waals surface area contributed by atoms with Crippen molar-refractivity contribution in [1.82, 2.24) is 9.78 Å². The summed E-state index contributed by atoms with van der Waals surface area (Å²) in [5.74, 6) is 0.195. The predicted octanol–water partition coefficient (Wildman–Crippen LogP) is 3.80. The third kappa shape index (κ3) is 3.01. The Morgan fingerprint density at radius 1 is 1.35 bits per heavy atom. The van der Waals surface area contributed by atoms with Crippen molar-refractivity contribution in [2.45, 2.75) is 32.6 Å². The molecule has 4 heteroatoms. The third-order valence-electron chi connectivity index (χ3n) is 3.60. The maximum Gasteiger partial charge on any atom is 0.146 e. The van der Waals surface area contributed by atoms with Gasteiger partial charge < -0.3 is 0 Å². The molecule has 0 aliphatic carbocycles. The lowest BCUT2D eigenvalue weighted by molar-refractivity contribution is -0.120. The Labute approximate surface area is 128 Å². The Morgan fingerprint density at radius 2 is 2.00 bits per heavy atom. The van der Waals surface area contributed by atoms with Crippen LogP contribution in [0.2, 0.25) is 0 Å². The van der Waals surface area contributed by atoms with E-state index >= 15 is 0 Å². The SMILES string of the molecule is CCC(C(=O)Cc1c(Br)c(C)nn1C)c1ccccc1. The maximum absolute atomic E-state index is 12.6. The van der Waals surface area contributed by atoms with E-state index in [1.54, 1.807) is 4.68 Å². The van der Waals surface area contributed by atoms with Crippen molar-refractivity contribution in [3.63, 3.8) is 0 Å². The molecule has 1 atom stereocenters. The highest BCUT2D eigenvalue weighted by Crippen LogP contribution is 2.26. The second-order valence-corrected chi connectivity index (χ2v) is 5.78. The van der Waals surface area contributed by atoms with Crippen molar-refractivity contribution < 1.29 is 4.79 Å². The third-order valence-corrected chi connectivity index (χ3v) is 4.63. The summed E-state index contributed by atoms with van der Waals surface area (Å²) in [4.78, 5) is 12.6. The van der Waals surface area contributed by atoms with Gasteiger partial charge in [0.05, 0.1) is 22.3 Å². The fraction of sp³-hybridized carbons (Fsp3) is 0.375. The van der Waals surface area contributed by atoms with Gasteiger partial charge in [-0.15, -0.1) is 0 Å². The van der Waals surface area contributed by atoms with Gasteiger partial charge >= 0.3 is 0 Å². The van der Waals surface area contributed by atoms with E-state index < -0.39 is 0 Å². The van der Waals surface area contributed by atoms with Crippen LogP contribution >= 0.6 is 15.9 Å². The quantitative estimate of drug-likeness (QED) is 0.833. The van der Waals surface area contributed by atoms with Gasteiger partial charge in [0.15, 0.2) is 0 Å². The normalized spacial score (nSPS) is 12.4. The number of nitrogens with zero attached hydrogens (tertiary/aromatic N) is 2. The lowest BCUT2D eigenvalue weighted by Gasteiger charge is -2.14. The molecule has 20 heavy (non-hydrogen) atoms. The first-order chi connectivity index (χ1) is 9.54. The van der Waals surface area contributed by atoms with Crippen LogP contribution in [0.4, 0.5) is 0 Å². The molecule has 106 valence electrons. The van der Waals surface area contributed by atoms with E-state index in [1.807, 2.05) is 44.3 Å². The summed E-state index contributed by atoms with van der Waals surface area (Å²) in [6, 6.07) is 9.98. The van der Waals surface area contributed by atoms with Crippen LogP contribution in [0, 0.1) is 6.92 Å². The zero-order valence-corrected chi connectivity index (χ0v) is 13.6. The number of rotatable bonds is 5. The Bertz CT molecular complexity index is 604. The van der Waals surface area contributed by atoms with Gasteiger partial charge in [-0.3, -0.25) is 9.48 Å². The van der Waals surface area contributed by atoms with Crippen LogP contribution in [0.1, 0.15) is 36.2 Å². The van der Waals surface area contributed by atoms with E-state index in [0.29, 0.717) is 6.42 Å². The van der Waals surface area contributed by atoms with Crippen LogP contribution in [0.3, 0.4) is 0 Å². The van der Waals surface area contributed by atoms with Crippen molar-refractivity contribution in [3.05, 3.63) is 51.8 Å². The van der Waals surface area contributed by atoms with Gasteiger partial charge in [0, 0.05) is 13.0 Å². The number of hydrogen-bond acceptors (Lipinski definition) is 2. The summed E-state index contributed by atoms with van der Waals surface area (Å²) in [6.45, 7) is 3.99. The summed E-state index contributed by atoms with van der Waals surface area (Å²) in [6.07, 6.45) is 1.22. The topological polar surface area (TPSA) is 34.9 Å². The molecule has 0 aliphatic rings. The summed E-state index contributed by atoms with van der Waals surface area (Å²) in [5, 5.41) is 4.34. The van der Waals surface area contributed by atoms with Gasteiger partial charge in [-0.05, 0) is 34.8 Å². The van der Waals surface area contributed by atoms with E-state index in [1.165, 1.54) is 0 Å². The molecule has 2 aromatic rings. The van der Waals surface area contributed by atoms with Crippen LogP contribution < -0.4 is 0 Å². The van der Waals surface area contributed by atoms with Gasteiger partial charge in [-0.2, -0.15) is 5.10 Å². The Balaban J connectivity index is 2.22. The summed E-state index contributed by atoms with van der Waals surface area (Å²) in [7, 11) is 1.88. The zero-order chi connectivity index (χ0) is 14.7. The average molecular weight is 335 g/mol. The first kappa shape index (κ1) is 15.0. The molecule has 0 fully saturated rings. The first-order valence-corrected chi connectivity index (χ1v) is 7.59. The molecule has 0 aliphatic heterocycles. The number of halogens is 1. The highest BCUT2D eigenvalue weighted by Gasteiger charge is 2.22. The van der Waals surface area contributed by atoms with Gasteiger partial charge in [0.25, 0.3) is 0 Å². The van der Waals surface area contributed by atoms with Crippen LogP contribution in [0.5, 0.6) is 0 Å². The van der Waals surface area contributed by atoms with Gasteiger partial charge in [0.2, 0.25) is 0 Å². The number of carbonyl (C=O) groups excluding carboxylic acids is 1. The fourth-order valence-electron chi connectivity index (χ4n) is 2.49. The molecule has 0 radical (unpaired) electrons. The number of Topliss-reactive ketones (excluding diaryl/α,β-unsaturated/α-hetero) is 1. The minimum atomic E-state index is -0.0432. The molecule has 0 saturated heterocycles. The molecule has 0 bridgehead atoms. The Kier molecular flexibility index (Phi) is 4.76. The smallest absolute Gasteiger partial charge is 0.146 e. The van der Waals surface area contributed by atoms with Gasteiger partial charge in [-0.1, -0.05) is 37.3 Å². The van der Waals surface area contributed by atoms with Crippen molar-refractivity contribution in [2.24, 2.45) is 7.05 Å². The molecule has 0 N–H and O–H groups in total. The average Bonchev–Trinajstić information content (AvgIpc) is 2.67. The van der Waals surface area contributed by atoms with Crippen molar-refractivity contribution in [1.29, 1.82) is 0 Å². The minimum Gasteiger partial charge on any atom is -0.299 e. The molecule has 1 heterocycles. The highest BCUT2D eigenvalue weighted by molar-refractivity contribution is 9.10. The summed E-state index contributed by atoms with van der Waals surface area (Å²) >= 11 is 3.52. The Hall–Kier alpha value is -1.42. The number of ketones is 1. The fourth-order valence-corrected chi connectivity index (χ4v) is 2.97. The molecular formula is C16H19BrN2O. The van der Waals surface area contributed by atoms with Crippen LogP contribution in [-0.2, 0) is 18.3 Å². The Morgan fingerprint density at radius 3 is 2.50 bits per heavy atom. The zero-order valence-electron chi connectivity index (χ0n) is 12.1. The minimum absolute atomic E-state index is 0.0432.